The Morgan fingerprint density at radius 2 is 1.23 bits per heavy atom. The van der Waals surface area contributed by atoms with Crippen molar-refractivity contribution in [2.75, 3.05) is 0 Å². The van der Waals surface area contributed by atoms with Crippen LogP contribution < -0.4 is 0 Å². The average Bonchev–Trinajstić information content (AvgIpc) is 3.31. The maximum atomic E-state index is 4.78. The van der Waals surface area contributed by atoms with Gasteiger partial charge in [-0.05, 0) is 59.2 Å². The van der Waals surface area contributed by atoms with Gasteiger partial charge in [-0.15, -0.1) is 11.3 Å². The zero-order valence-corrected chi connectivity index (χ0v) is 17.8. The van der Waals surface area contributed by atoms with Crippen LogP contribution in [-0.2, 0) is 12.8 Å². The van der Waals surface area contributed by atoms with E-state index in [1.165, 1.54) is 38.9 Å². The lowest BCUT2D eigenvalue weighted by molar-refractivity contribution is 0.962. The number of rotatable bonds is 5. The topological polar surface area (TPSA) is 12.9 Å². The van der Waals surface area contributed by atoms with Crippen LogP contribution in [0.4, 0.5) is 0 Å². The predicted octanol–water partition coefficient (Wildman–Crippen LogP) is 7.68. The van der Waals surface area contributed by atoms with Crippen molar-refractivity contribution in [2.45, 2.75) is 19.8 Å². The van der Waals surface area contributed by atoms with Crippen molar-refractivity contribution in [1.82, 2.24) is 4.98 Å². The molecule has 0 radical (unpaired) electrons. The quantitative estimate of drug-likeness (QED) is 0.292. The highest BCUT2D eigenvalue weighted by Crippen LogP contribution is 2.43. The van der Waals surface area contributed by atoms with Crippen LogP contribution in [0.2, 0.25) is 0 Å². The molecule has 0 N–H and O–H groups in total. The lowest BCUT2D eigenvalue weighted by Crippen LogP contribution is -1.89. The van der Waals surface area contributed by atoms with Crippen molar-refractivity contribution in [1.29, 1.82) is 0 Å². The Balaban J connectivity index is 1.58. The Bertz CT molecular complexity index is 1240. The van der Waals surface area contributed by atoms with Gasteiger partial charge in [0.25, 0.3) is 0 Å². The van der Waals surface area contributed by atoms with Gasteiger partial charge in [-0.2, -0.15) is 0 Å². The van der Waals surface area contributed by atoms with E-state index >= 15 is 0 Å². The van der Waals surface area contributed by atoms with Gasteiger partial charge >= 0.3 is 0 Å². The van der Waals surface area contributed by atoms with Gasteiger partial charge in [0, 0.05) is 10.9 Å². The first-order valence-corrected chi connectivity index (χ1v) is 11.2. The second-order valence-electron chi connectivity index (χ2n) is 7.64. The van der Waals surface area contributed by atoms with Gasteiger partial charge in [0.05, 0.1) is 10.7 Å². The summed E-state index contributed by atoms with van der Waals surface area (Å²) in [5.74, 6) is 0. The first kappa shape index (κ1) is 18.8. The highest BCUT2D eigenvalue weighted by molar-refractivity contribution is 7.09. The molecule has 0 saturated heterocycles. The summed E-state index contributed by atoms with van der Waals surface area (Å²) in [6.07, 6.45) is 2.09. The largest absolute Gasteiger partial charge is 0.242 e. The number of aryl methyl sites for hydroxylation is 3. The summed E-state index contributed by atoms with van der Waals surface area (Å²) in [5, 5.41) is 3.27. The zero-order chi connectivity index (χ0) is 20.3. The highest BCUT2D eigenvalue weighted by atomic mass is 32.1. The van der Waals surface area contributed by atoms with Gasteiger partial charge in [-0.25, -0.2) is 4.98 Å². The maximum absolute atomic E-state index is 4.78. The molecule has 0 atom stereocenters. The van der Waals surface area contributed by atoms with E-state index < -0.39 is 0 Å². The summed E-state index contributed by atoms with van der Waals surface area (Å²) in [7, 11) is 0. The van der Waals surface area contributed by atoms with Gasteiger partial charge in [0.2, 0.25) is 0 Å². The summed E-state index contributed by atoms with van der Waals surface area (Å²) in [4.78, 5) is 4.78. The Labute approximate surface area is 182 Å². The molecule has 2 aromatic carbocycles. The Hall–Kier alpha value is -3.23. The molecule has 2 aliphatic carbocycles. The van der Waals surface area contributed by atoms with E-state index in [4.69, 9.17) is 4.98 Å². The number of aromatic nitrogens is 1. The molecule has 2 aliphatic rings. The third-order valence-electron chi connectivity index (χ3n) is 5.61. The van der Waals surface area contributed by atoms with E-state index in [0.29, 0.717) is 0 Å². The fourth-order valence-electron chi connectivity index (χ4n) is 4.04. The van der Waals surface area contributed by atoms with Crippen LogP contribution in [0.15, 0.2) is 96.4 Å². The predicted molar refractivity (Wildman–Crippen MR) is 128 cm³/mol. The Morgan fingerprint density at radius 3 is 1.87 bits per heavy atom. The number of fused-ring (bicyclic) bond motifs is 1. The molecule has 0 spiro atoms. The summed E-state index contributed by atoms with van der Waals surface area (Å²) >= 11 is 1.71. The van der Waals surface area contributed by atoms with Crippen LogP contribution >= 0.6 is 11.3 Å². The van der Waals surface area contributed by atoms with Crippen molar-refractivity contribution in [3.05, 3.63) is 113 Å². The van der Waals surface area contributed by atoms with Crippen molar-refractivity contribution < 1.29 is 0 Å². The molecule has 2 heteroatoms. The smallest absolute Gasteiger partial charge is 0.0901 e. The van der Waals surface area contributed by atoms with Crippen LogP contribution in [0.5, 0.6) is 0 Å². The van der Waals surface area contributed by atoms with Crippen LogP contribution in [0, 0.1) is 6.92 Å². The molecule has 0 bridgehead atoms. The lowest BCUT2D eigenvalue weighted by atomic mass is 10.0. The molecule has 0 unspecified atom stereocenters. The third-order valence-corrected chi connectivity index (χ3v) is 6.39. The van der Waals surface area contributed by atoms with E-state index in [-0.39, 0.29) is 0 Å². The summed E-state index contributed by atoms with van der Waals surface area (Å²) in [5.41, 5.74) is 10.1. The minimum absolute atomic E-state index is 1.03. The zero-order valence-electron chi connectivity index (χ0n) is 17.0. The summed E-state index contributed by atoms with van der Waals surface area (Å²) < 4.78 is 0. The first-order chi connectivity index (χ1) is 14.8. The highest BCUT2D eigenvalue weighted by Gasteiger charge is 2.18. The second-order valence-corrected chi connectivity index (χ2v) is 8.71. The molecule has 0 fully saturated rings. The van der Waals surface area contributed by atoms with Crippen molar-refractivity contribution >= 4 is 11.3 Å². The minimum atomic E-state index is 1.03. The Kier molecular flexibility index (Phi) is 5.17. The molecule has 5 rings (SSSR count). The van der Waals surface area contributed by atoms with Crippen LogP contribution in [-0.4, -0.2) is 4.98 Å². The molecule has 146 valence electrons. The number of nitrogens with zero attached hydrogens (tertiary/aromatic N) is 1. The molecular weight excluding hydrogens is 382 g/mol. The number of hydrogen-bond acceptors (Lipinski definition) is 2. The molecule has 3 aromatic rings. The monoisotopic (exact) mass is 405 g/mol. The van der Waals surface area contributed by atoms with Gasteiger partial charge in [0.1, 0.15) is 0 Å². The van der Waals surface area contributed by atoms with E-state index in [0.717, 1.165) is 23.5 Å². The molecule has 1 nitrogen and oxygen atoms in total. The van der Waals surface area contributed by atoms with Gasteiger partial charge in [-0.1, -0.05) is 84.9 Å². The van der Waals surface area contributed by atoms with Crippen LogP contribution in [0.25, 0.3) is 33.5 Å². The van der Waals surface area contributed by atoms with Crippen molar-refractivity contribution in [3.63, 3.8) is 0 Å². The summed E-state index contributed by atoms with van der Waals surface area (Å²) in [6, 6.07) is 32.8. The fraction of sp³-hybridized carbons (Fsp3) is 0.107. The van der Waals surface area contributed by atoms with Crippen molar-refractivity contribution in [2.24, 2.45) is 0 Å². The minimum Gasteiger partial charge on any atom is -0.242 e. The standard InChI is InChI=1S/C28H23NS/c1-20-29-28(19-30-20)27-18-26(23-10-6-3-7-11-23)24-16-14-22(15-17-25(24)27)13-12-21-8-4-2-5-9-21/h2-11,14-19H,12-13H2,1H3. The average molecular weight is 406 g/mol. The number of hydrogen-bond donors (Lipinski definition) is 0. The molecule has 0 saturated carbocycles. The number of thiazole rings is 1. The van der Waals surface area contributed by atoms with E-state index in [1.54, 1.807) is 11.3 Å². The molecule has 0 amide bonds. The maximum Gasteiger partial charge on any atom is 0.0901 e. The third kappa shape index (κ3) is 3.79. The Morgan fingerprint density at radius 1 is 0.633 bits per heavy atom. The van der Waals surface area contributed by atoms with E-state index in [1.807, 2.05) is 0 Å². The molecular formula is C28H23NS. The second kappa shape index (κ2) is 8.25. The van der Waals surface area contributed by atoms with Gasteiger partial charge in [-0.3, -0.25) is 0 Å². The SMILES string of the molecule is Cc1nc(-c2cc(-c3ccccc3)c3ccc(CCc4ccccc4)ccc2-3)cs1. The fourth-order valence-corrected chi connectivity index (χ4v) is 4.65. The molecule has 30 heavy (non-hydrogen) atoms. The van der Waals surface area contributed by atoms with Gasteiger partial charge < -0.3 is 0 Å². The van der Waals surface area contributed by atoms with E-state index in [2.05, 4.69) is 103 Å². The van der Waals surface area contributed by atoms with Crippen molar-refractivity contribution in [3.8, 4) is 33.5 Å². The van der Waals surface area contributed by atoms with E-state index in [9.17, 15) is 0 Å². The lowest BCUT2D eigenvalue weighted by Gasteiger charge is -2.01. The molecule has 1 heterocycles. The van der Waals surface area contributed by atoms with Crippen LogP contribution in [0.1, 0.15) is 16.1 Å². The van der Waals surface area contributed by atoms with Gasteiger partial charge in [0.15, 0.2) is 0 Å². The molecule has 1 aromatic heterocycles. The summed E-state index contributed by atoms with van der Waals surface area (Å²) in [6.45, 7) is 2.07. The molecule has 0 aliphatic heterocycles. The number of benzene rings is 2. The normalized spacial score (nSPS) is 11.1. The van der Waals surface area contributed by atoms with Crippen LogP contribution in [0.3, 0.4) is 0 Å². The first-order valence-electron chi connectivity index (χ1n) is 10.4.